The maximum Gasteiger partial charge on any atom is 0.0400 e. The van der Waals surface area contributed by atoms with Gasteiger partial charge in [-0.25, -0.2) is 0 Å². The van der Waals surface area contributed by atoms with E-state index in [4.69, 9.17) is 5.73 Å². The van der Waals surface area contributed by atoms with Crippen molar-refractivity contribution in [2.24, 2.45) is 5.73 Å². The van der Waals surface area contributed by atoms with Gasteiger partial charge in [-0.3, -0.25) is 0 Å². The molecule has 13 heavy (non-hydrogen) atoms. The molecule has 0 heterocycles. The number of hydrogen-bond acceptors (Lipinski definition) is 2. The highest BCUT2D eigenvalue weighted by Crippen LogP contribution is 2.21. The van der Waals surface area contributed by atoms with Gasteiger partial charge in [0.05, 0.1) is 0 Å². The number of benzene rings is 1. The quantitative estimate of drug-likeness (QED) is 0.742. The molecule has 0 bridgehead atoms. The number of nitrogens with one attached hydrogen (secondary N) is 1. The Kier molecular flexibility index (Phi) is 3.32. The highest BCUT2D eigenvalue weighted by Gasteiger charge is 2.01. The van der Waals surface area contributed by atoms with Crippen LogP contribution in [-0.4, -0.2) is 13.1 Å². The number of aryl methyl sites for hydroxylation is 3. The van der Waals surface area contributed by atoms with Crippen LogP contribution in [0.3, 0.4) is 0 Å². The minimum atomic E-state index is 0.673. The first kappa shape index (κ1) is 10.1. The summed E-state index contributed by atoms with van der Waals surface area (Å²) in [5.41, 5.74) is 10.6. The van der Waals surface area contributed by atoms with Crippen LogP contribution in [0.2, 0.25) is 0 Å². The Morgan fingerprint density at radius 3 is 2.15 bits per heavy atom. The van der Waals surface area contributed by atoms with Crippen LogP contribution < -0.4 is 11.1 Å². The van der Waals surface area contributed by atoms with Crippen molar-refractivity contribution in [1.29, 1.82) is 0 Å². The summed E-state index contributed by atoms with van der Waals surface area (Å²) >= 11 is 0. The predicted octanol–water partition coefficient (Wildman–Crippen LogP) is 1.98. The molecule has 0 saturated heterocycles. The van der Waals surface area contributed by atoms with E-state index in [2.05, 4.69) is 38.2 Å². The molecule has 0 aliphatic heterocycles. The highest BCUT2D eigenvalue weighted by molar-refractivity contribution is 5.58. The van der Waals surface area contributed by atoms with E-state index < -0.39 is 0 Å². The summed E-state index contributed by atoms with van der Waals surface area (Å²) in [6.45, 7) is 7.88. The van der Waals surface area contributed by atoms with Gasteiger partial charge in [-0.15, -0.1) is 0 Å². The van der Waals surface area contributed by atoms with Crippen molar-refractivity contribution < 1.29 is 0 Å². The summed E-state index contributed by atoms with van der Waals surface area (Å²) < 4.78 is 0. The van der Waals surface area contributed by atoms with Gasteiger partial charge in [0.1, 0.15) is 0 Å². The van der Waals surface area contributed by atoms with Crippen LogP contribution in [0.15, 0.2) is 12.1 Å². The van der Waals surface area contributed by atoms with Crippen molar-refractivity contribution in [1.82, 2.24) is 0 Å². The van der Waals surface area contributed by atoms with Gasteiger partial charge in [0.15, 0.2) is 0 Å². The minimum Gasteiger partial charge on any atom is -0.383 e. The zero-order valence-electron chi connectivity index (χ0n) is 8.65. The van der Waals surface area contributed by atoms with Crippen LogP contribution in [-0.2, 0) is 0 Å². The SMILES string of the molecule is Cc1cc(C)c(NCCN)c(C)c1. The van der Waals surface area contributed by atoms with Gasteiger partial charge in [-0.05, 0) is 31.9 Å². The summed E-state index contributed by atoms with van der Waals surface area (Å²) in [5, 5.41) is 3.33. The van der Waals surface area contributed by atoms with Crippen LogP contribution in [0.25, 0.3) is 0 Å². The first-order chi connectivity index (χ1) is 6.15. The molecule has 0 aliphatic rings. The second kappa shape index (κ2) is 4.28. The van der Waals surface area contributed by atoms with Gasteiger partial charge in [0.25, 0.3) is 0 Å². The molecule has 0 atom stereocenters. The molecule has 2 heteroatoms. The third-order valence-corrected chi connectivity index (χ3v) is 2.12. The zero-order valence-corrected chi connectivity index (χ0v) is 8.65. The smallest absolute Gasteiger partial charge is 0.0400 e. The maximum absolute atomic E-state index is 5.44. The number of rotatable bonds is 3. The third-order valence-electron chi connectivity index (χ3n) is 2.12. The standard InChI is InChI=1S/C11H18N2/c1-8-6-9(2)11(10(3)7-8)13-5-4-12/h6-7,13H,4-5,12H2,1-3H3. The minimum absolute atomic E-state index is 0.673. The van der Waals surface area contributed by atoms with Gasteiger partial charge in [-0.2, -0.15) is 0 Å². The summed E-state index contributed by atoms with van der Waals surface area (Å²) in [7, 11) is 0. The topological polar surface area (TPSA) is 38.0 Å². The van der Waals surface area contributed by atoms with Gasteiger partial charge in [0.2, 0.25) is 0 Å². The van der Waals surface area contributed by atoms with Crippen molar-refractivity contribution in [3.8, 4) is 0 Å². The van der Waals surface area contributed by atoms with E-state index in [-0.39, 0.29) is 0 Å². The molecule has 0 spiro atoms. The fraction of sp³-hybridized carbons (Fsp3) is 0.455. The van der Waals surface area contributed by atoms with Crippen molar-refractivity contribution in [2.45, 2.75) is 20.8 Å². The summed E-state index contributed by atoms with van der Waals surface area (Å²) in [5.74, 6) is 0. The summed E-state index contributed by atoms with van der Waals surface area (Å²) in [6.07, 6.45) is 0. The van der Waals surface area contributed by atoms with E-state index in [1.807, 2.05) is 0 Å². The van der Waals surface area contributed by atoms with E-state index in [9.17, 15) is 0 Å². The van der Waals surface area contributed by atoms with Crippen molar-refractivity contribution >= 4 is 5.69 Å². The van der Waals surface area contributed by atoms with E-state index >= 15 is 0 Å². The molecule has 3 N–H and O–H groups in total. The molecule has 1 aromatic carbocycles. The Morgan fingerprint density at radius 2 is 1.69 bits per heavy atom. The molecule has 0 aliphatic carbocycles. The highest BCUT2D eigenvalue weighted by atomic mass is 14.9. The Hall–Kier alpha value is -1.02. The molecule has 0 saturated carbocycles. The monoisotopic (exact) mass is 178 g/mol. The van der Waals surface area contributed by atoms with Crippen molar-refractivity contribution in [3.05, 3.63) is 28.8 Å². The predicted molar refractivity (Wildman–Crippen MR) is 58.2 cm³/mol. The normalized spacial score (nSPS) is 10.2. The molecule has 0 radical (unpaired) electrons. The zero-order chi connectivity index (χ0) is 9.84. The lowest BCUT2D eigenvalue weighted by Gasteiger charge is -2.12. The Labute approximate surface area is 80.1 Å². The lowest BCUT2D eigenvalue weighted by molar-refractivity contribution is 1.02. The molecule has 72 valence electrons. The van der Waals surface area contributed by atoms with Crippen molar-refractivity contribution in [2.75, 3.05) is 18.4 Å². The number of hydrogen-bond donors (Lipinski definition) is 2. The van der Waals surface area contributed by atoms with Gasteiger partial charge < -0.3 is 11.1 Å². The van der Waals surface area contributed by atoms with Crippen LogP contribution in [0.5, 0.6) is 0 Å². The average molecular weight is 178 g/mol. The Morgan fingerprint density at radius 1 is 1.15 bits per heavy atom. The largest absolute Gasteiger partial charge is 0.383 e. The third kappa shape index (κ3) is 2.46. The van der Waals surface area contributed by atoms with Crippen LogP contribution in [0, 0.1) is 20.8 Å². The first-order valence-corrected chi connectivity index (χ1v) is 4.67. The number of nitrogens with two attached hydrogens (primary N) is 1. The fourth-order valence-electron chi connectivity index (χ4n) is 1.66. The summed E-state index contributed by atoms with van der Waals surface area (Å²) in [6, 6.07) is 4.37. The lowest BCUT2D eigenvalue weighted by atomic mass is 10.1. The maximum atomic E-state index is 5.44. The molecule has 0 unspecified atom stereocenters. The second-order valence-corrected chi connectivity index (χ2v) is 3.49. The first-order valence-electron chi connectivity index (χ1n) is 4.67. The Bertz CT molecular complexity index is 269. The second-order valence-electron chi connectivity index (χ2n) is 3.49. The molecular weight excluding hydrogens is 160 g/mol. The average Bonchev–Trinajstić information content (AvgIpc) is 2.02. The lowest BCUT2D eigenvalue weighted by Crippen LogP contribution is -2.14. The number of anilines is 1. The van der Waals surface area contributed by atoms with E-state index in [1.54, 1.807) is 0 Å². The van der Waals surface area contributed by atoms with Gasteiger partial charge >= 0.3 is 0 Å². The van der Waals surface area contributed by atoms with Crippen LogP contribution in [0.1, 0.15) is 16.7 Å². The van der Waals surface area contributed by atoms with Gasteiger partial charge in [0, 0.05) is 18.8 Å². The van der Waals surface area contributed by atoms with Gasteiger partial charge in [-0.1, -0.05) is 17.7 Å². The molecule has 1 rings (SSSR count). The Balaban J connectivity index is 2.92. The molecule has 0 amide bonds. The van der Waals surface area contributed by atoms with Crippen LogP contribution in [0.4, 0.5) is 5.69 Å². The van der Waals surface area contributed by atoms with E-state index in [1.165, 1.54) is 22.4 Å². The molecule has 0 fully saturated rings. The van der Waals surface area contributed by atoms with E-state index in [0.29, 0.717) is 6.54 Å². The van der Waals surface area contributed by atoms with Crippen LogP contribution >= 0.6 is 0 Å². The molecule has 2 nitrogen and oxygen atoms in total. The molecule has 0 aromatic heterocycles. The summed E-state index contributed by atoms with van der Waals surface area (Å²) in [4.78, 5) is 0. The molecule has 1 aromatic rings. The molecular formula is C11H18N2. The van der Waals surface area contributed by atoms with E-state index in [0.717, 1.165) is 6.54 Å². The fourth-order valence-corrected chi connectivity index (χ4v) is 1.66. The van der Waals surface area contributed by atoms with Crippen molar-refractivity contribution in [3.63, 3.8) is 0 Å².